The van der Waals surface area contributed by atoms with Gasteiger partial charge in [0.1, 0.15) is 5.69 Å². The Hall–Kier alpha value is -1.24. The number of unbranched alkanes of at least 4 members (excludes halogenated alkanes) is 2. The topological polar surface area (TPSA) is 73.0 Å². The number of aromatic nitrogens is 2. The molecule has 0 fully saturated rings. The molecule has 0 saturated carbocycles. The molecule has 0 aliphatic heterocycles. The van der Waals surface area contributed by atoms with E-state index in [0.717, 1.165) is 25.8 Å². The van der Waals surface area contributed by atoms with Crippen molar-refractivity contribution >= 4 is 23.3 Å². The zero-order chi connectivity index (χ0) is 15.0. The fraction of sp³-hybridized carbons (Fsp3) is 0.769. The van der Waals surface area contributed by atoms with E-state index in [1.165, 1.54) is 12.2 Å². The van der Waals surface area contributed by atoms with Crippen LogP contribution in [0.3, 0.4) is 0 Å². The maximum Gasteiger partial charge on any atom is 0.333 e. The average molecular weight is 300 g/mol. The molecule has 0 aromatic carbocycles. The summed E-state index contributed by atoms with van der Waals surface area (Å²) in [5, 5.41) is 18.6. The molecule has 0 spiro atoms. The zero-order valence-electron chi connectivity index (χ0n) is 12.5. The molecule has 6 nitrogen and oxygen atoms in total. The highest BCUT2D eigenvalue weighted by molar-refractivity contribution is 7.98. The number of nitrogens with one attached hydrogen (secondary N) is 1. The van der Waals surface area contributed by atoms with Gasteiger partial charge >= 0.3 is 5.69 Å². The molecule has 0 radical (unpaired) electrons. The predicted molar refractivity (Wildman–Crippen MR) is 84.6 cm³/mol. The van der Waals surface area contributed by atoms with E-state index in [-0.39, 0.29) is 10.6 Å². The van der Waals surface area contributed by atoms with Crippen LogP contribution in [0, 0.1) is 10.1 Å². The lowest BCUT2D eigenvalue weighted by Gasteiger charge is -2.05. The lowest BCUT2D eigenvalue weighted by Crippen LogP contribution is -2.08. The molecule has 0 saturated heterocycles. The van der Waals surface area contributed by atoms with Crippen molar-refractivity contribution < 1.29 is 4.92 Å². The van der Waals surface area contributed by atoms with Gasteiger partial charge in [0.05, 0.1) is 4.92 Å². The molecule has 1 rings (SSSR count). The Morgan fingerprint density at radius 1 is 1.40 bits per heavy atom. The van der Waals surface area contributed by atoms with E-state index in [1.54, 1.807) is 11.7 Å². The highest BCUT2D eigenvalue weighted by Crippen LogP contribution is 2.28. The summed E-state index contributed by atoms with van der Waals surface area (Å²) in [7, 11) is 1.75. The van der Waals surface area contributed by atoms with Gasteiger partial charge < -0.3 is 5.32 Å². The average Bonchev–Trinajstić information content (AvgIpc) is 2.70. The molecule has 1 aromatic heterocycles. The number of hydrogen-bond donors (Lipinski definition) is 1. The first-order valence-corrected chi connectivity index (χ1v) is 8.44. The Bertz CT molecular complexity index is 434. The first-order chi connectivity index (χ1) is 9.61. The minimum atomic E-state index is -0.325. The van der Waals surface area contributed by atoms with Gasteiger partial charge in [0.2, 0.25) is 5.82 Å². The molecular formula is C13H24N4O2S. The molecule has 1 aromatic rings. The number of nitro groups is 1. The van der Waals surface area contributed by atoms with Gasteiger partial charge in [-0.15, -0.1) is 0 Å². The lowest BCUT2D eigenvalue weighted by atomic mass is 10.2. The standard InChI is InChI=1S/C13H24N4O2S/c1-4-8-11-12(17(18)19)13(16(2)15-11)14-9-6-5-7-10-20-3/h14H,4-10H2,1-3H3. The molecule has 1 heterocycles. The number of rotatable bonds is 10. The van der Waals surface area contributed by atoms with Crippen LogP contribution in [0.2, 0.25) is 0 Å². The Morgan fingerprint density at radius 2 is 2.15 bits per heavy atom. The van der Waals surface area contributed by atoms with Crippen molar-refractivity contribution in [1.29, 1.82) is 0 Å². The number of hydrogen-bond acceptors (Lipinski definition) is 5. The second-order valence-electron chi connectivity index (χ2n) is 4.75. The number of anilines is 1. The number of thioether (sulfide) groups is 1. The summed E-state index contributed by atoms with van der Waals surface area (Å²) in [6.45, 7) is 2.75. The van der Waals surface area contributed by atoms with Crippen molar-refractivity contribution in [3.8, 4) is 0 Å². The maximum atomic E-state index is 11.2. The molecule has 0 atom stereocenters. The third-order valence-corrected chi connectivity index (χ3v) is 3.78. The van der Waals surface area contributed by atoms with Crippen LogP contribution in [0.25, 0.3) is 0 Å². The first kappa shape index (κ1) is 16.8. The van der Waals surface area contributed by atoms with Crippen molar-refractivity contribution in [2.45, 2.75) is 39.0 Å². The molecule has 114 valence electrons. The zero-order valence-corrected chi connectivity index (χ0v) is 13.3. The van der Waals surface area contributed by atoms with E-state index >= 15 is 0 Å². The molecule has 0 unspecified atom stereocenters. The quantitative estimate of drug-likeness (QED) is 0.408. The third kappa shape index (κ3) is 4.70. The van der Waals surface area contributed by atoms with Crippen molar-refractivity contribution in [3.05, 3.63) is 15.8 Å². The second kappa shape index (κ2) is 8.84. The Labute approximate surface area is 124 Å². The molecular weight excluding hydrogens is 276 g/mol. The normalized spacial score (nSPS) is 10.8. The van der Waals surface area contributed by atoms with Crippen LogP contribution in [0.4, 0.5) is 11.5 Å². The van der Waals surface area contributed by atoms with Crippen molar-refractivity contribution in [3.63, 3.8) is 0 Å². The summed E-state index contributed by atoms with van der Waals surface area (Å²) < 4.78 is 1.59. The predicted octanol–water partition coefficient (Wildman–Crippen LogP) is 3.23. The van der Waals surface area contributed by atoms with Gasteiger partial charge in [-0.05, 0) is 31.3 Å². The number of nitrogens with zero attached hydrogens (tertiary/aromatic N) is 3. The smallest absolute Gasteiger partial charge is 0.333 e. The molecule has 20 heavy (non-hydrogen) atoms. The molecule has 7 heteroatoms. The van der Waals surface area contributed by atoms with Gasteiger partial charge in [0.15, 0.2) is 0 Å². The summed E-state index contributed by atoms with van der Waals surface area (Å²) >= 11 is 1.85. The van der Waals surface area contributed by atoms with Crippen LogP contribution in [-0.4, -0.2) is 33.3 Å². The van der Waals surface area contributed by atoms with Crippen molar-refractivity contribution in [2.75, 3.05) is 23.9 Å². The van der Waals surface area contributed by atoms with Gasteiger partial charge in [-0.2, -0.15) is 16.9 Å². The van der Waals surface area contributed by atoms with Crippen LogP contribution in [0.15, 0.2) is 0 Å². The van der Waals surface area contributed by atoms with Gasteiger partial charge in [-0.3, -0.25) is 10.1 Å². The van der Waals surface area contributed by atoms with Crippen LogP contribution >= 0.6 is 11.8 Å². The summed E-state index contributed by atoms with van der Waals surface area (Å²) in [6, 6.07) is 0. The van der Waals surface area contributed by atoms with Crippen LogP contribution in [0.1, 0.15) is 38.3 Å². The monoisotopic (exact) mass is 300 g/mol. The van der Waals surface area contributed by atoms with E-state index < -0.39 is 0 Å². The van der Waals surface area contributed by atoms with E-state index in [1.807, 2.05) is 18.7 Å². The Morgan fingerprint density at radius 3 is 2.75 bits per heavy atom. The fourth-order valence-electron chi connectivity index (χ4n) is 2.12. The van der Waals surface area contributed by atoms with Gasteiger partial charge in [0.25, 0.3) is 0 Å². The maximum absolute atomic E-state index is 11.2. The summed E-state index contributed by atoms with van der Waals surface area (Å²) in [6.07, 6.45) is 6.95. The molecule has 0 amide bonds. The van der Waals surface area contributed by atoms with Crippen LogP contribution in [-0.2, 0) is 13.5 Å². The van der Waals surface area contributed by atoms with E-state index in [4.69, 9.17) is 0 Å². The van der Waals surface area contributed by atoms with E-state index in [2.05, 4.69) is 16.7 Å². The Kier molecular flexibility index (Phi) is 7.43. The molecule has 0 bridgehead atoms. The van der Waals surface area contributed by atoms with Gasteiger partial charge in [-0.1, -0.05) is 19.8 Å². The molecule has 1 N–H and O–H groups in total. The molecule has 0 aliphatic carbocycles. The van der Waals surface area contributed by atoms with Gasteiger partial charge in [0, 0.05) is 13.6 Å². The van der Waals surface area contributed by atoms with Crippen LogP contribution < -0.4 is 5.32 Å². The van der Waals surface area contributed by atoms with Crippen molar-refractivity contribution in [1.82, 2.24) is 9.78 Å². The highest BCUT2D eigenvalue weighted by atomic mass is 32.2. The summed E-state index contributed by atoms with van der Waals surface area (Å²) in [5.41, 5.74) is 0.711. The van der Waals surface area contributed by atoms with Gasteiger partial charge in [-0.25, -0.2) is 4.68 Å². The number of aryl methyl sites for hydroxylation is 2. The first-order valence-electron chi connectivity index (χ1n) is 7.04. The van der Waals surface area contributed by atoms with E-state index in [0.29, 0.717) is 17.9 Å². The SMILES string of the molecule is CCCc1nn(C)c(NCCCCCSC)c1[N+](=O)[O-]. The van der Waals surface area contributed by atoms with E-state index in [9.17, 15) is 10.1 Å². The molecule has 0 aliphatic rings. The Balaban J connectivity index is 2.62. The second-order valence-corrected chi connectivity index (χ2v) is 5.74. The summed E-state index contributed by atoms with van der Waals surface area (Å²) in [5.74, 6) is 1.70. The van der Waals surface area contributed by atoms with Crippen LogP contribution in [0.5, 0.6) is 0 Å². The third-order valence-electron chi connectivity index (χ3n) is 3.08. The summed E-state index contributed by atoms with van der Waals surface area (Å²) in [4.78, 5) is 10.9. The highest BCUT2D eigenvalue weighted by Gasteiger charge is 2.25. The lowest BCUT2D eigenvalue weighted by molar-refractivity contribution is -0.384. The fourth-order valence-corrected chi connectivity index (χ4v) is 2.61. The minimum Gasteiger partial charge on any atom is -0.365 e. The largest absolute Gasteiger partial charge is 0.365 e. The minimum absolute atomic E-state index is 0.137. The van der Waals surface area contributed by atoms with Crippen molar-refractivity contribution in [2.24, 2.45) is 7.05 Å².